The van der Waals surface area contributed by atoms with E-state index in [0.717, 1.165) is 23.8 Å². The molecule has 10 aromatic rings. The molecule has 0 unspecified atom stereocenters. The molecule has 0 bridgehead atoms. The van der Waals surface area contributed by atoms with E-state index >= 15 is 0 Å². The Hall–Kier alpha value is -8.26. The van der Waals surface area contributed by atoms with Crippen molar-refractivity contribution >= 4 is 0 Å². The number of alkyl halides is 6. The van der Waals surface area contributed by atoms with Crippen molar-refractivity contribution in [2.75, 3.05) is 0 Å². The van der Waals surface area contributed by atoms with Crippen molar-refractivity contribution in [3.8, 4) is 79.4 Å². The number of imidazole rings is 4. The summed E-state index contributed by atoms with van der Waals surface area (Å²) in [6.07, 6.45) is -0.772. The Labute approximate surface area is 361 Å². The Morgan fingerprint density at radius 1 is 0.328 bits per heavy atom. The lowest BCUT2D eigenvalue weighted by Gasteiger charge is -2.16. The highest BCUT2D eigenvalue weighted by molar-refractivity contribution is 5.84. The van der Waals surface area contributed by atoms with E-state index in [1.54, 1.807) is 110 Å². The predicted octanol–water partition coefficient (Wildman–Crippen LogP) is 12.8. The normalized spacial score (nSPS) is 11.9. The Bertz CT molecular complexity index is 3020. The van der Waals surface area contributed by atoms with E-state index in [1.807, 2.05) is 81.9 Å². The topological polar surface area (TPSA) is 71.3 Å². The fraction of sp³-hybridized carbons (Fsp3) is 0.0400. The number of benzene rings is 6. The molecule has 8 nitrogen and oxygen atoms in total. The summed E-state index contributed by atoms with van der Waals surface area (Å²) in [5.41, 5.74) is 2.99. The molecule has 4 aromatic heterocycles. The molecule has 0 aliphatic carbocycles. The molecule has 0 saturated carbocycles. The standard InChI is InChI=1S/C50H32F6N8/c51-49(52,53)43-31-63(41-17-9-3-10-18-41)47(59-43)37-27-33(25-35(29-37)45-57-21-23-61(45)39-13-5-1-6-14-39)34-26-36(46-58-22-24-62(46)40-15-7-2-8-16-40)30-38(28-34)48-60-44(50(54,55)56)32-64(48)42-19-11-4-12-20-42/h1-32H. The maximum absolute atomic E-state index is 14.5. The van der Waals surface area contributed by atoms with Crippen molar-refractivity contribution in [1.29, 1.82) is 0 Å². The van der Waals surface area contributed by atoms with Gasteiger partial charge in [-0.25, -0.2) is 19.9 Å². The van der Waals surface area contributed by atoms with Crippen LogP contribution in [-0.4, -0.2) is 38.2 Å². The summed E-state index contributed by atoms with van der Waals surface area (Å²) in [6.45, 7) is 0. The van der Waals surface area contributed by atoms with Crippen LogP contribution < -0.4 is 0 Å². The summed E-state index contributed by atoms with van der Waals surface area (Å²) < 4.78 is 93.5. The first-order chi connectivity index (χ1) is 31.0. The predicted molar refractivity (Wildman–Crippen MR) is 232 cm³/mol. The van der Waals surface area contributed by atoms with Crippen LogP contribution in [0.5, 0.6) is 0 Å². The molecule has 14 heteroatoms. The first-order valence-corrected chi connectivity index (χ1v) is 19.9. The molecule has 0 fully saturated rings. The van der Waals surface area contributed by atoms with Crippen LogP contribution in [0.2, 0.25) is 0 Å². The van der Waals surface area contributed by atoms with Gasteiger partial charge < -0.3 is 0 Å². The Balaban J connectivity index is 1.26. The molecule has 64 heavy (non-hydrogen) atoms. The highest BCUT2D eigenvalue weighted by Gasteiger charge is 2.36. The minimum atomic E-state index is -4.77. The monoisotopic (exact) mass is 858 g/mol. The van der Waals surface area contributed by atoms with Crippen LogP contribution in [0.3, 0.4) is 0 Å². The summed E-state index contributed by atoms with van der Waals surface area (Å²) in [6, 6.07) is 46.7. The van der Waals surface area contributed by atoms with Gasteiger partial charge in [0.05, 0.1) is 0 Å². The van der Waals surface area contributed by atoms with Crippen molar-refractivity contribution in [3.63, 3.8) is 0 Å². The van der Waals surface area contributed by atoms with E-state index in [2.05, 4.69) is 9.97 Å². The zero-order valence-corrected chi connectivity index (χ0v) is 33.3. The zero-order valence-electron chi connectivity index (χ0n) is 33.3. The molecule has 0 spiro atoms. The number of aromatic nitrogens is 8. The van der Waals surface area contributed by atoms with Crippen molar-refractivity contribution in [2.45, 2.75) is 12.4 Å². The van der Waals surface area contributed by atoms with Crippen molar-refractivity contribution in [3.05, 3.63) is 206 Å². The lowest BCUT2D eigenvalue weighted by molar-refractivity contribution is -0.141. The van der Waals surface area contributed by atoms with Crippen LogP contribution in [0.4, 0.5) is 26.3 Å². The number of rotatable bonds is 9. The van der Waals surface area contributed by atoms with E-state index in [0.29, 0.717) is 56.4 Å². The van der Waals surface area contributed by atoms with Gasteiger partial charge in [-0.3, -0.25) is 18.3 Å². The van der Waals surface area contributed by atoms with Gasteiger partial charge in [-0.2, -0.15) is 26.3 Å². The maximum Gasteiger partial charge on any atom is 0.434 e. The molecular formula is C50H32F6N8. The van der Waals surface area contributed by atoms with Crippen LogP contribution in [0, 0.1) is 0 Å². The lowest BCUT2D eigenvalue weighted by atomic mass is 9.95. The number of para-hydroxylation sites is 4. The zero-order chi connectivity index (χ0) is 44.0. The second kappa shape index (κ2) is 15.9. The fourth-order valence-corrected chi connectivity index (χ4v) is 7.74. The molecule has 6 aromatic carbocycles. The first-order valence-electron chi connectivity index (χ1n) is 19.9. The second-order valence-electron chi connectivity index (χ2n) is 14.8. The third-order valence-corrected chi connectivity index (χ3v) is 10.6. The number of hydrogen-bond donors (Lipinski definition) is 0. The quantitative estimate of drug-likeness (QED) is 0.136. The molecular weight excluding hydrogens is 827 g/mol. The van der Waals surface area contributed by atoms with E-state index in [4.69, 9.17) is 9.97 Å². The van der Waals surface area contributed by atoms with Crippen LogP contribution in [-0.2, 0) is 12.4 Å². The van der Waals surface area contributed by atoms with Gasteiger partial charge in [-0.1, -0.05) is 72.8 Å². The van der Waals surface area contributed by atoms with E-state index < -0.39 is 23.7 Å². The largest absolute Gasteiger partial charge is 0.434 e. The maximum atomic E-state index is 14.5. The van der Waals surface area contributed by atoms with Crippen molar-refractivity contribution in [1.82, 2.24) is 38.2 Å². The average Bonchev–Trinajstić information content (AvgIpc) is 4.16. The minimum absolute atomic E-state index is 0.00452. The van der Waals surface area contributed by atoms with Gasteiger partial charge in [-0.05, 0) is 96.1 Å². The summed E-state index contributed by atoms with van der Waals surface area (Å²) in [7, 11) is 0. The van der Waals surface area contributed by atoms with E-state index in [-0.39, 0.29) is 11.6 Å². The van der Waals surface area contributed by atoms with Gasteiger partial charge in [-0.15, -0.1) is 0 Å². The Kier molecular flexibility index (Phi) is 9.89. The van der Waals surface area contributed by atoms with Crippen LogP contribution in [0.1, 0.15) is 11.4 Å². The lowest BCUT2D eigenvalue weighted by Crippen LogP contribution is -2.05. The molecule has 0 aliphatic rings. The smallest absolute Gasteiger partial charge is 0.300 e. The van der Waals surface area contributed by atoms with Gasteiger partial charge in [0.15, 0.2) is 11.4 Å². The van der Waals surface area contributed by atoms with Crippen molar-refractivity contribution in [2.24, 2.45) is 0 Å². The highest BCUT2D eigenvalue weighted by atomic mass is 19.4. The summed E-state index contributed by atoms with van der Waals surface area (Å²) in [4.78, 5) is 17.8. The average molecular weight is 859 g/mol. The molecule has 0 atom stereocenters. The third-order valence-electron chi connectivity index (χ3n) is 10.6. The number of halogens is 6. The van der Waals surface area contributed by atoms with Gasteiger partial charge in [0.2, 0.25) is 0 Å². The molecule has 0 radical (unpaired) electrons. The summed E-state index contributed by atoms with van der Waals surface area (Å²) in [5, 5.41) is 0. The van der Waals surface area contributed by atoms with Gasteiger partial charge in [0.1, 0.15) is 23.3 Å². The van der Waals surface area contributed by atoms with Crippen LogP contribution in [0.25, 0.3) is 79.4 Å². The van der Waals surface area contributed by atoms with Crippen molar-refractivity contribution < 1.29 is 26.3 Å². The Morgan fingerprint density at radius 2 is 0.609 bits per heavy atom. The minimum Gasteiger partial charge on any atom is -0.300 e. The fourth-order valence-electron chi connectivity index (χ4n) is 7.74. The molecule has 314 valence electrons. The molecule has 4 heterocycles. The summed E-state index contributed by atoms with van der Waals surface area (Å²) in [5.74, 6) is 0.969. The van der Waals surface area contributed by atoms with Crippen LogP contribution in [0.15, 0.2) is 195 Å². The molecule has 10 rings (SSSR count). The van der Waals surface area contributed by atoms with Gasteiger partial charge >= 0.3 is 12.4 Å². The highest BCUT2D eigenvalue weighted by Crippen LogP contribution is 2.40. The second-order valence-corrected chi connectivity index (χ2v) is 14.8. The van der Waals surface area contributed by atoms with E-state index in [9.17, 15) is 26.3 Å². The Morgan fingerprint density at radius 3 is 0.922 bits per heavy atom. The number of nitrogens with zero attached hydrogens (tertiary/aromatic N) is 8. The molecule has 0 amide bonds. The molecule has 0 aliphatic heterocycles. The molecule has 0 saturated heterocycles. The van der Waals surface area contributed by atoms with E-state index in [1.165, 1.54) is 9.13 Å². The SMILES string of the molecule is FC(F)(F)c1cn(-c2ccccc2)c(-c2cc(-c3cc(-c4nccn4-c4ccccc4)cc(-c4nc(C(F)(F)F)cn4-c4ccccc4)c3)cc(-c3nccn3-c3ccccc3)c2)n1. The van der Waals surface area contributed by atoms with Gasteiger partial charge in [0.25, 0.3) is 0 Å². The van der Waals surface area contributed by atoms with Gasteiger partial charge in [0, 0.05) is 82.2 Å². The first kappa shape index (κ1) is 39.9. The third kappa shape index (κ3) is 7.65. The molecule has 0 N–H and O–H groups in total. The van der Waals surface area contributed by atoms with Crippen LogP contribution >= 0.6 is 0 Å². The summed E-state index contributed by atoms with van der Waals surface area (Å²) >= 11 is 0. The number of hydrogen-bond acceptors (Lipinski definition) is 4.